The van der Waals surface area contributed by atoms with Gasteiger partial charge >= 0.3 is 6.09 Å². The zero-order valence-corrected chi connectivity index (χ0v) is 18.2. The Balaban J connectivity index is 2.04. The average molecular weight is 449 g/mol. The standard InChI is InChI=1S/C19H25ClN8O3/c1-10-6-13(30-3)4-5-28(10)27-17-15(23-2)14(11-7-12(20)9-24-8-11)25-18(26-17)16(21)31-19(22)29/h7-10,13,21,23H,4-6H2,1-3H3,(H2,22,29)(H,25,26,27). The van der Waals surface area contributed by atoms with Gasteiger partial charge in [-0.2, -0.15) is 0 Å². The maximum absolute atomic E-state index is 11.1. The van der Waals surface area contributed by atoms with Crippen molar-refractivity contribution in [1.29, 1.82) is 5.41 Å². The quantitative estimate of drug-likeness (QED) is 0.385. The Bertz CT molecular complexity index is 973. The van der Waals surface area contributed by atoms with E-state index in [0.29, 0.717) is 27.8 Å². The van der Waals surface area contributed by atoms with Crippen molar-refractivity contribution in [2.45, 2.75) is 31.9 Å². The predicted octanol–water partition coefficient (Wildman–Crippen LogP) is 2.48. The van der Waals surface area contributed by atoms with Crippen molar-refractivity contribution in [3.05, 3.63) is 29.3 Å². The second-order valence-corrected chi connectivity index (χ2v) is 7.48. The number of primary amides is 1. The molecule has 1 saturated heterocycles. The minimum Gasteiger partial charge on any atom is -0.388 e. The molecule has 11 nitrogen and oxygen atoms in total. The Labute approximate surface area is 184 Å². The van der Waals surface area contributed by atoms with Crippen LogP contribution >= 0.6 is 11.6 Å². The van der Waals surface area contributed by atoms with E-state index in [1.54, 1.807) is 26.4 Å². The van der Waals surface area contributed by atoms with Crippen LogP contribution in [0.2, 0.25) is 5.02 Å². The summed E-state index contributed by atoms with van der Waals surface area (Å²) in [7, 11) is 3.45. The number of ether oxygens (including phenoxy) is 2. The van der Waals surface area contributed by atoms with Gasteiger partial charge in [0.05, 0.1) is 11.1 Å². The van der Waals surface area contributed by atoms with Crippen molar-refractivity contribution in [2.24, 2.45) is 5.73 Å². The number of nitrogens with zero attached hydrogens (tertiary/aromatic N) is 4. The van der Waals surface area contributed by atoms with Crippen LogP contribution in [0.4, 0.5) is 16.3 Å². The van der Waals surface area contributed by atoms with E-state index in [1.165, 1.54) is 6.20 Å². The number of piperidine rings is 1. The van der Waals surface area contributed by atoms with Crippen molar-refractivity contribution >= 4 is 35.1 Å². The first-order valence-corrected chi connectivity index (χ1v) is 10.0. The molecule has 1 aliphatic heterocycles. The van der Waals surface area contributed by atoms with Gasteiger partial charge in [0.1, 0.15) is 11.4 Å². The fraction of sp³-hybridized carbons (Fsp3) is 0.421. The number of rotatable bonds is 6. The van der Waals surface area contributed by atoms with E-state index in [-0.39, 0.29) is 18.0 Å². The summed E-state index contributed by atoms with van der Waals surface area (Å²) in [6.07, 6.45) is 3.87. The normalized spacial score (nSPS) is 19.0. The Kier molecular flexibility index (Phi) is 7.21. The van der Waals surface area contributed by atoms with Crippen LogP contribution in [0, 0.1) is 5.41 Å². The maximum atomic E-state index is 11.1. The lowest BCUT2D eigenvalue weighted by Gasteiger charge is -2.37. The highest BCUT2D eigenvalue weighted by atomic mass is 35.5. The molecule has 31 heavy (non-hydrogen) atoms. The molecule has 2 aromatic heterocycles. The largest absolute Gasteiger partial charge is 0.411 e. The Morgan fingerprint density at radius 2 is 2.16 bits per heavy atom. The average Bonchev–Trinajstić information content (AvgIpc) is 2.74. The van der Waals surface area contributed by atoms with Crippen LogP contribution < -0.4 is 16.5 Å². The number of nitrogens with two attached hydrogens (primary N) is 1. The van der Waals surface area contributed by atoms with Gasteiger partial charge in [0, 0.05) is 44.7 Å². The van der Waals surface area contributed by atoms with Crippen LogP contribution in [-0.4, -0.2) is 64.8 Å². The molecule has 1 fully saturated rings. The molecule has 2 unspecified atom stereocenters. The third-order valence-corrected chi connectivity index (χ3v) is 5.16. The van der Waals surface area contributed by atoms with E-state index in [9.17, 15) is 4.79 Å². The van der Waals surface area contributed by atoms with Crippen LogP contribution in [0.25, 0.3) is 11.3 Å². The van der Waals surface area contributed by atoms with Crippen LogP contribution in [0.5, 0.6) is 0 Å². The molecule has 1 amide bonds. The zero-order chi connectivity index (χ0) is 22.5. The highest BCUT2D eigenvalue weighted by Gasteiger charge is 2.27. The molecule has 0 aliphatic carbocycles. The molecule has 3 rings (SSSR count). The van der Waals surface area contributed by atoms with E-state index >= 15 is 0 Å². The number of amides is 1. The van der Waals surface area contributed by atoms with Gasteiger partial charge in [0.25, 0.3) is 5.90 Å². The first kappa shape index (κ1) is 22.7. The molecule has 0 bridgehead atoms. The monoisotopic (exact) mass is 448 g/mol. The smallest absolute Gasteiger partial charge is 0.388 e. The molecular weight excluding hydrogens is 424 g/mol. The SMILES string of the molecule is CNc1c(NN2CCC(OC)CC2C)nc(C(=N)OC(N)=O)nc1-c1cncc(Cl)c1. The molecule has 2 atom stereocenters. The summed E-state index contributed by atoms with van der Waals surface area (Å²) in [6.45, 7) is 2.81. The summed E-state index contributed by atoms with van der Waals surface area (Å²) in [4.78, 5) is 24.1. The number of hydrogen-bond donors (Lipinski definition) is 4. The number of hydrogen-bond acceptors (Lipinski definition) is 10. The molecule has 0 saturated carbocycles. The topological polar surface area (TPSA) is 151 Å². The van der Waals surface area contributed by atoms with Crippen molar-refractivity contribution in [3.8, 4) is 11.3 Å². The van der Waals surface area contributed by atoms with E-state index < -0.39 is 12.0 Å². The molecule has 3 heterocycles. The van der Waals surface area contributed by atoms with Crippen molar-refractivity contribution in [1.82, 2.24) is 20.0 Å². The number of carbonyl (C=O) groups is 1. The number of nitrogens with one attached hydrogen (secondary N) is 3. The molecular formula is C19H25ClN8O3. The van der Waals surface area contributed by atoms with Crippen molar-refractivity contribution in [3.63, 3.8) is 0 Å². The summed E-state index contributed by atoms with van der Waals surface area (Å²) < 4.78 is 10.2. The number of methoxy groups -OCH3 is 1. The third kappa shape index (κ3) is 5.37. The van der Waals surface area contributed by atoms with Gasteiger partial charge < -0.3 is 25.9 Å². The molecule has 2 aromatic rings. The summed E-state index contributed by atoms with van der Waals surface area (Å²) in [5, 5.41) is 13.6. The van der Waals surface area contributed by atoms with Gasteiger partial charge in [0.15, 0.2) is 5.82 Å². The Morgan fingerprint density at radius 1 is 1.39 bits per heavy atom. The summed E-state index contributed by atoms with van der Waals surface area (Å²) in [5.41, 5.74) is 9.97. The summed E-state index contributed by atoms with van der Waals surface area (Å²) in [5.74, 6) is -0.279. The second-order valence-electron chi connectivity index (χ2n) is 7.05. The number of aromatic nitrogens is 3. The lowest BCUT2D eigenvalue weighted by Crippen LogP contribution is -2.46. The zero-order valence-electron chi connectivity index (χ0n) is 17.5. The number of anilines is 2. The van der Waals surface area contributed by atoms with Crippen LogP contribution in [-0.2, 0) is 9.47 Å². The highest BCUT2D eigenvalue weighted by molar-refractivity contribution is 6.30. The minimum atomic E-state index is -1.12. The number of hydrazine groups is 1. The van der Waals surface area contributed by atoms with E-state index in [2.05, 4.69) is 32.6 Å². The summed E-state index contributed by atoms with van der Waals surface area (Å²) >= 11 is 6.11. The molecule has 0 radical (unpaired) electrons. The first-order valence-electron chi connectivity index (χ1n) is 9.65. The maximum Gasteiger partial charge on any atom is 0.411 e. The van der Waals surface area contributed by atoms with Gasteiger partial charge in [-0.1, -0.05) is 11.6 Å². The molecule has 5 N–H and O–H groups in total. The molecule has 0 spiro atoms. The molecule has 166 valence electrons. The summed E-state index contributed by atoms with van der Waals surface area (Å²) in [6, 6.07) is 1.86. The van der Waals surface area contributed by atoms with E-state index in [4.69, 9.17) is 32.2 Å². The first-order chi connectivity index (χ1) is 14.8. The molecule has 12 heteroatoms. The third-order valence-electron chi connectivity index (χ3n) is 4.95. The van der Waals surface area contributed by atoms with Crippen LogP contribution in [0.1, 0.15) is 25.6 Å². The highest BCUT2D eigenvalue weighted by Crippen LogP contribution is 2.33. The van der Waals surface area contributed by atoms with Gasteiger partial charge in [0.2, 0.25) is 5.82 Å². The molecule has 0 aromatic carbocycles. The fourth-order valence-electron chi connectivity index (χ4n) is 3.42. The van der Waals surface area contributed by atoms with Gasteiger partial charge in [-0.05, 0) is 25.8 Å². The number of pyridine rings is 1. The Hall–Kier alpha value is -3.02. The van der Waals surface area contributed by atoms with Crippen molar-refractivity contribution in [2.75, 3.05) is 31.4 Å². The minimum absolute atomic E-state index is 0.116. The van der Waals surface area contributed by atoms with Gasteiger partial charge in [-0.25, -0.2) is 19.8 Å². The van der Waals surface area contributed by atoms with Crippen LogP contribution in [0.3, 0.4) is 0 Å². The second kappa shape index (κ2) is 9.86. The Morgan fingerprint density at radius 3 is 2.77 bits per heavy atom. The number of carbonyl (C=O) groups excluding carboxylic acids is 1. The van der Waals surface area contributed by atoms with Crippen molar-refractivity contribution < 1.29 is 14.3 Å². The van der Waals surface area contributed by atoms with Gasteiger partial charge in [-0.3, -0.25) is 10.4 Å². The van der Waals surface area contributed by atoms with Gasteiger partial charge in [-0.15, -0.1) is 0 Å². The molecule has 1 aliphatic rings. The lowest BCUT2D eigenvalue weighted by atomic mass is 10.0. The van der Waals surface area contributed by atoms with E-state index in [0.717, 1.165) is 19.4 Å². The van der Waals surface area contributed by atoms with E-state index in [1.807, 2.05) is 5.01 Å². The van der Waals surface area contributed by atoms with Crippen LogP contribution in [0.15, 0.2) is 18.5 Å². The fourth-order valence-corrected chi connectivity index (χ4v) is 3.60. The lowest BCUT2D eigenvalue weighted by molar-refractivity contribution is 0.0250. The predicted molar refractivity (Wildman–Crippen MR) is 117 cm³/mol. The number of halogens is 1.